The standard InChI is InChI=1S/C39H39F3N2O5/c1-38(2,3)23-34(45)44-20-19-29-15-18-31(49-24-26-11-16-30(17-12-26)39(40,41)42)22-32(29)35(44)36(46)43-33(37(47)48)21-25-9-13-28(14-10-25)27-7-5-4-6-8-27/h4-18,22,33,35H,19-21,23-24H2,1-3H3,(H,43,46)(H,47,48)/t33-,35?/m0/s1. The van der Waals surface area contributed by atoms with E-state index in [4.69, 9.17) is 4.74 Å². The van der Waals surface area contributed by atoms with E-state index in [2.05, 4.69) is 5.32 Å². The highest BCUT2D eigenvalue weighted by Gasteiger charge is 2.39. The summed E-state index contributed by atoms with van der Waals surface area (Å²) in [7, 11) is 0. The highest BCUT2D eigenvalue weighted by atomic mass is 19.4. The van der Waals surface area contributed by atoms with E-state index in [9.17, 15) is 32.7 Å². The number of carboxylic acid groups (broad SMARTS) is 1. The van der Waals surface area contributed by atoms with E-state index in [1.165, 1.54) is 17.0 Å². The molecule has 49 heavy (non-hydrogen) atoms. The molecule has 4 aromatic rings. The first kappa shape index (κ1) is 35.2. The molecule has 1 aliphatic rings. The lowest BCUT2D eigenvalue weighted by atomic mass is 9.88. The molecule has 1 aliphatic heterocycles. The van der Waals surface area contributed by atoms with Crippen LogP contribution in [0.3, 0.4) is 0 Å². The molecule has 1 heterocycles. The van der Waals surface area contributed by atoms with E-state index in [1.807, 2.05) is 75.4 Å². The first-order valence-corrected chi connectivity index (χ1v) is 16.1. The van der Waals surface area contributed by atoms with Gasteiger partial charge in [-0.3, -0.25) is 9.59 Å². The Balaban J connectivity index is 1.38. The molecule has 2 atom stereocenters. The molecule has 0 spiro atoms. The number of ether oxygens (including phenoxy) is 1. The van der Waals surface area contributed by atoms with Crippen LogP contribution in [0.4, 0.5) is 13.2 Å². The fourth-order valence-electron chi connectivity index (χ4n) is 5.90. The molecular weight excluding hydrogens is 633 g/mol. The van der Waals surface area contributed by atoms with Crippen molar-refractivity contribution in [3.8, 4) is 16.9 Å². The monoisotopic (exact) mass is 672 g/mol. The molecule has 1 unspecified atom stereocenters. The predicted octanol–water partition coefficient (Wildman–Crippen LogP) is 7.63. The van der Waals surface area contributed by atoms with Gasteiger partial charge in [-0.15, -0.1) is 0 Å². The van der Waals surface area contributed by atoms with Gasteiger partial charge in [0.2, 0.25) is 11.8 Å². The van der Waals surface area contributed by atoms with E-state index in [-0.39, 0.29) is 37.3 Å². The minimum Gasteiger partial charge on any atom is -0.489 e. The van der Waals surface area contributed by atoms with Crippen LogP contribution in [0.5, 0.6) is 5.75 Å². The van der Waals surface area contributed by atoms with Gasteiger partial charge in [0, 0.05) is 19.4 Å². The lowest BCUT2D eigenvalue weighted by molar-refractivity contribution is -0.146. The van der Waals surface area contributed by atoms with Crippen molar-refractivity contribution in [2.75, 3.05) is 6.54 Å². The zero-order chi connectivity index (χ0) is 35.3. The number of carbonyl (C=O) groups is 3. The average Bonchev–Trinajstić information content (AvgIpc) is 3.06. The van der Waals surface area contributed by atoms with Gasteiger partial charge >= 0.3 is 12.1 Å². The molecule has 0 saturated carbocycles. The second-order valence-corrected chi connectivity index (χ2v) is 13.5. The number of nitrogens with zero attached hydrogens (tertiary/aromatic N) is 1. The number of benzene rings is 4. The third-order valence-electron chi connectivity index (χ3n) is 8.40. The zero-order valence-electron chi connectivity index (χ0n) is 27.6. The van der Waals surface area contributed by atoms with Crippen molar-refractivity contribution in [3.05, 3.63) is 125 Å². The van der Waals surface area contributed by atoms with Crippen LogP contribution in [0.25, 0.3) is 11.1 Å². The number of carbonyl (C=O) groups excluding carboxylic acids is 2. The molecule has 10 heteroatoms. The largest absolute Gasteiger partial charge is 0.489 e. The molecule has 0 radical (unpaired) electrons. The minimum atomic E-state index is -4.45. The molecule has 0 bridgehead atoms. The van der Waals surface area contributed by atoms with Crippen molar-refractivity contribution in [2.45, 2.75) is 64.9 Å². The maximum Gasteiger partial charge on any atom is 0.416 e. The van der Waals surface area contributed by atoms with E-state index >= 15 is 0 Å². The lowest BCUT2D eigenvalue weighted by Crippen LogP contribution is -2.51. The Bertz CT molecular complexity index is 1780. The normalized spacial score (nSPS) is 15.2. The second kappa shape index (κ2) is 14.6. The third-order valence-corrected chi connectivity index (χ3v) is 8.40. The van der Waals surface area contributed by atoms with Crippen molar-refractivity contribution < 1.29 is 37.4 Å². The molecule has 256 valence electrons. The molecule has 2 amide bonds. The fraction of sp³-hybridized carbons (Fsp3) is 0.308. The quantitative estimate of drug-likeness (QED) is 0.181. The number of alkyl halides is 3. The fourth-order valence-corrected chi connectivity index (χ4v) is 5.90. The average molecular weight is 673 g/mol. The molecule has 2 N–H and O–H groups in total. The van der Waals surface area contributed by atoms with Crippen molar-refractivity contribution in [2.24, 2.45) is 5.41 Å². The Morgan fingerprint density at radius 1 is 0.878 bits per heavy atom. The summed E-state index contributed by atoms with van der Waals surface area (Å²) in [6, 6.07) is 24.7. The molecule has 5 rings (SSSR count). The third kappa shape index (κ3) is 9.07. The van der Waals surface area contributed by atoms with Gasteiger partial charge < -0.3 is 20.1 Å². The predicted molar refractivity (Wildman–Crippen MR) is 180 cm³/mol. The first-order chi connectivity index (χ1) is 23.2. The molecule has 7 nitrogen and oxygen atoms in total. The van der Waals surface area contributed by atoms with Crippen LogP contribution in [-0.4, -0.2) is 40.4 Å². The summed E-state index contributed by atoms with van der Waals surface area (Å²) in [5.41, 5.74) is 3.43. The number of amides is 2. The smallest absolute Gasteiger partial charge is 0.416 e. The molecule has 0 saturated heterocycles. The number of rotatable bonds is 10. The number of fused-ring (bicyclic) bond motifs is 1. The van der Waals surface area contributed by atoms with Gasteiger partial charge in [-0.2, -0.15) is 13.2 Å². The van der Waals surface area contributed by atoms with Crippen molar-refractivity contribution in [3.63, 3.8) is 0 Å². The van der Waals surface area contributed by atoms with Crippen molar-refractivity contribution >= 4 is 17.8 Å². The van der Waals surface area contributed by atoms with Crippen LogP contribution < -0.4 is 10.1 Å². The number of aliphatic carboxylic acids is 1. The summed E-state index contributed by atoms with van der Waals surface area (Å²) in [6.07, 6.45) is -3.77. The Morgan fingerprint density at radius 2 is 1.51 bits per heavy atom. The SMILES string of the molecule is CC(C)(C)CC(=O)N1CCc2ccc(OCc3ccc(C(F)(F)F)cc3)cc2C1C(=O)N[C@@H](Cc1ccc(-c2ccccc2)cc1)C(=O)O. The zero-order valence-corrected chi connectivity index (χ0v) is 27.6. The highest BCUT2D eigenvalue weighted by molar-refractivity contribution is 5.92. The van der Waals surface area contributed by atoms with Gasteiger partial charge in [0.15, 0.2) is 0 Å². The van der Waals surface area contributed by atoms with Crippen LogP contribution >= 0.6 is 0 Å². The molecule has 0 aliphatic carbocycles. The number of nitrogens with one attached hydrogen (secondary N) is 1. The Kier molecular flexibility index (Phi) is 10.5. The minimum absolute atomic E-state index is 0.0232. The maximum atomic E-state index is 14.1. The molecule has 0 aromatic heterocycles. The summed E-state index contributed by atoms with van der Waals surface area (Å²) in [6.45, 7) is 6.02. The van der Waals surface area contributed by atoms with Crippen LogP contribution in [0.2, 0.25) is 0 Å². The highest BCUT2D eigenvalue weighted by Crippen LogP contribution is 2.35. The van der Waals surface area contributed by atoms with Gasteiger partial charge in [-0.05, 0) is 69.5 Å². The summed E-state index contributed by atoms with van der Waals surface area (Å²) in [4.78, 5) is 41.6. The molecule has 4 aromatic carbocycles. The van der Waals surface area contributed by atoms with Crippen molar-refractivity contribution in [1.29, 1.82) is 0 Å². The number of hydrogen-bond donors (Lipinski definition) is 2. The number of carboxylic acids is 1. The van der Waals surface area contributed by atoms with Gasteiger partial charge in [0.1, 0.15) is 24.4 Å². The Hall–Kier alpha value is -5.12. The summed E-state index contributed by atoms with van der Waals surface area (Å²) < 4.78 is 44.9. The van der Waals surface area contributed by atoms with Crippen LogP contribution in [0.15, 0.2) is 97.1 Å². The summed E-state index contributed by atoms with van der Waals surface area (Å²) >= 11 is 0. The lowest BCUT2D eigenvalue weighted by Gasteiger charge is -2.38. The first-order valence-electron chi connectivity index (χ1n) is 16.1. The van der Waals surface area contributed by atoms with E-state index in [1.54, 1.807) is 18.2 Å². The van der Waals surface area contributed by atoms with E-state index in [0.717, 1.165) is 34.4 Å². The number of halogens is 3. The van der Waals surface area contributed by atoms with Gasteiger partial charge in [-0.1, -0.05) is 93.6 Å². The van der Waals surface area contributed by atoms with Gasteiger partial charge in [-0.25, -0.2) is 4.79 Å². The molecule has 0 fully saturated rings. The second-order valence-electron chi connectivity index (χ2n) is 13.5. The van der Waals surface area contributed by atoms with Gasteiger partial charge in [0.25, 0.3) is 0 Å². The topological polar surface area (TPSA) is 95.9 Å². The summed E-state index contributed by atoms with van der Waals surface area (Å²) in [5.74, 6) is -1.72. The Labute approximate surface area is 283 Å². The maximum absolute atomic E-state index is 14.1. The summed E-state index contributed by atoms with van der Waals surface area (Å²) in [5, 5.41) is 12.8. The van der Waals surface area contributed by atoms with Crippen LogP contribution in [0.1, 0.15) is 61.1 Å². The van der Waals surface area contributed by atoms with Crippen LogP contribution in [-0.2, 0) is 40.0 Å². The molecular formula is C39H39F3N2O5. The van der Waals surface area contributed by atoms with Gasteiger partial charge in [0.05, 0.1) is 5.56 Å². The van der Waals surface area contributed by atoms with E-state index in [0.29, 0.717) is 23.3 Å². The Morgan fingerprint density at radius 3 is 2.12 bits per heavy atom. The number of hydrogen-bond acceptors (Lipinski definition) is 4. The van der Waals surface area contributed by atoms with Crippen molar-refractivity contribution in [1.82, 2.24) is 10.2 Å². The van der Waals surface area contributed by atoms with E-state index < -0.39 is 35.7 Å². The van der Waals surface area contributed by atoms with Crippen LogP contribution in [0, 0.1) is 5.41 Å².